The smallest absolute Gasteiger partial charge is 0.308 e. The van der Waals surface area contributed by atoms with Gasteiger partial charge in [0.25, 0.3) is 5.88 Å². The fourth-order valence-electron chi connectivity index (χ4n) is 0.981. The number of esters is 1. The summed E-state index contributed by atoms with van der Waals surface area (Å²) in [6, 6.07) is 1.53. The van der Waals surface area contributed by atoms with E-state index in [4.69, 9.17) is 14.2 Å². The van der Waals surface area contributed by atoms with Crippen molar-refractivity contribution in [2.75, 3.05) is 14.2 Å². The molecule has 14 heavy (non-hydrogen) atoms. The van der Waals surface area contributed by atoms with Crippen molar-refractivity contribution in [1.82, 2.24) is 4.98 Å². The van der Waals surface area contributed by atoms with Crippen molar-refractivity contribution in [1.29, 1.82) is 0 Å². The standard InChI is InChI=1S/C9H11NO4/c1-6(11)14-7-4-5-10-9(13-3)8(7)12-2/h4-5H,1-3H3. The van der Waals surface area contributed by atoms with E-state index < -0.39 is 5.97 Å². The molecule has 0 unspecified atom stereocenters. The minimum atomic E-state index is -0.420. The van der Waals surface area contributed by atoms with Crippen molar-refractivity contribution in [3.05, 3.63) is 12.3 Å². The van der Waals surface area contributed by atoms with E-state index >= 15 is 0 Å². The second-order valence-electron chi connectivity index (χ2n) is 2.45. The van der Waals surface area contributed by atoms with Gasteiger partial charge in [-0.2, -0.15) is 0 Å². The summed E-state index contributed by atoms with van der Waals surface area (Å²) in [6.45, 7) is 1.31. The minimum absolute atomic E-state index is 0.284. The molecule has 0 radical (unpaired) electrons. The molecule has 0 bridgehead atoms. The van der Waals surface area contributed by atoms with Crippen LogP contribution in [0.4, 0.5) is 0 Å². The highest BCUT2D eigenvalue weighted by atomic mass is 16.6. The Kier molecular flexibility index (Phi) is 3.28. The number of rotatable bonds is 3. The molecule has 0 atom stereocenters. The maximum Gasteiger partial charge on any atom is 0.308 e. The van der Waals surface area contributed by atoms with Gasteiger partial charge in [-0.05, 0) is 0 Å². The summed E-state index contributed by atoms with van der Waals surface area (Å²) in [6.07, 6.45) is 1.47. The second kappa shape index (κ2) is 4.45. The summed E-state index contributed by atoms with van der Waals surface area (Å²) in [4.78, 5) is 14.6. The van der Waals surface area contributed by atoms with Crippen molar-refractivity contribution in [3.8, 4) is 17.4 Å². The zero-order valence-corrected chi connectivity index (χ0v) is 8.23. The van der Waals surface area contributed by atoms with Crippen LogP contribution in [0.15, 0.2) is 12.3 Å². The number of nitrogens with zero attached hydrogens (tertiary/aromatic N) is 1. The van der Waals surface area contributed by atoms with Crippen molar-refractivity contribution < 1.29 is 19.0 Å². The van der Waals surface area contributed by atoms with Crippen LogP contribution in [0.25, 0.3) is 0 Å². The summed E-state index contributed by atoms with van der Waals surface area (Å²) in [5, 5.41) is 0. The number of hydrogen-bond acceptors (Lipinski definition) is 5. The van der Waals surface area contributed by atoms with Crippen LogP contribution in [0.3, 0.4) is 0 Å². The zero-order valence-electron chi connectivity index (χ0n) is 8.23. The van der Waals surface area contributed by atoms with E-state index in [1.807, 2.05) is 0 Å². The topological polar surface area (TPSA) is 57.7 Å². The molecule has 1 heterocycles. The summed E-state index contributed by atoms with van der Waals surface area (Å²) < 4.78 is 14.8. The van der Waals surface area contributed by atoms with Crippen LogP contribution in [-0.4, -0.2) is 25.2 Å². The van der Waals surface area contributed by atoms with Crippen LogP contribution >= 0.6 is 0 Å². The molecule has 5 nitrogen and oxygen atoms in total. The Bertz CT molecular complexity index is 338. The van der Waals surface area contributed by atoms with Crippen LogP contribution in [-0.2, 0) is 4.79 Å². The second-order valence-corrected chi connectivity index (χ2v) is 2.45. The van der Waals surface area contributed by atoms with Gasteiger partial charge in [-0.1, -0.05) is 0 Å². The predicted molar refractivity (Wildman–Crippen MR) is 48.7 cm³/mol. The fourth-order valence-corrected chi connectivity index (χ4v) is 0.981. The van der Waals surface area contributed by atoms with E-state index in [-0.39, 0.29) is 5.88 Å². The molecule has 5 heteroatoms. The van der Waals surface area contributed by atoms with Crippen molar-refractivity contribution in [2.45, 2.75) is 6.92 Å². The van der Waals surface area contributed by atoms with Gasteiger partial charge >= 0.3 is 5.97 Å². The van der Waals surface area contributed by atoms with Gasteiger partial charge in [0.2, 0.25) is 5.75 Å². The van der Waals surface area contributed by atoms with Gasteiger partial charge in [0.15, 0.2) is 5.75 Å². The molecule has 0 saturated carbocycles. The van der Waals surface area contributed by atoms with Crippen LogP contribution in [0.5, 0.6) is 17.4 Å². The first-order chi connectivity index (χ1) is 6.69. The first-order valence-corrected chi connectivity index (χ1v) is 3.94. The van der Waals surface area contributed by atoms with Gasteiger partial charge in [-0.25, -0.2) is 4.98 Å². The molecule has 1 rings (SSSR count). The summed E-state index contributed by atoms with van der Waals surface area (Å²) in [7, 11) is 2.91. The average molecular weight is 197 g/mol. The first kappa shape index (κ1) is 10.3. The highest BCUT2D eigenvalue weighted by Crippen LogP contribution is 2.34. The monoisotopic (exact) mass is 197 g/mol. The Balaban J connectivity index is 3.08. The molecule has 0 amide bonds. The van der Waals surface area contributed by atoms with E-state index in [0.29, 0.717) is 11.5 Å². The third-order valence-electron chi connectivity index (χ3n) is 1.49. The largest absolute Gasteiger partial charge is 0.489 e. The molecule has 0 aliphatic rings. The first-order valence-electron chi connectivity index (χ1n) is 3.94. The lowest BCUT2D eigenvalue weighted by molar-refractivity contribution is -0.132. The Labute approximate surface area is 81.6 Å². The lowest BCUT2D eigenvalue weighted by Crippen LogP contribution is -2.04. The van der Waals surface area contributed by atoms with E-state index in [0.717, 1.165) is 0 Å². The molecular weight excluding hydrogens is 186 g/mol. The van der Waals surface area contributed by atoms with E-state index in [1.54, 1.807) is 0 Å². The number of carbonyl (C=O) groups excluding carboxylic acids is 1. The maximum absolute atomic E-state index is 10.7. The number of methoxy groups -OCH3 is 2. The van der Waals surface area contributed by atoms with Crippen LogP contribution in [0.2, 0.25) is 0 Å². The highest BCUT2D eigenvalue weighted by Gasteiger charge is 2.13. The molecule has 0 aromatic carbocycles. The number of pyridine rings is 1. The van der Waals surface area contributed by atoms with Crippen LogP contribution in [0.1, 0.15) is 6.92 Å². The SMILES string of the molecule is COc1nccc(OC(C)=O)c1OC. The van der Waals surface area contributed by atoms with Gasteiger partial charge in [0, 0.05) is 19.2 Å². The molecule has 76 valence electrons. The maximum atomic E-state index is 10.7. The van der Waals surface area contributed by atoms with Crippen molar-refractivity contribution >= 4 is 5.97 Å². The normalized spacial score (nSPS) is 9.36. The van der Waals surface area contributed by atoms with Crippen molar-refractivity contribution in [3.63, 3.8) is 0 Å². The van der Waals surface area contributed by atoms with Crippen molar-refractivity contribution in [2.24, 2.45) is 0 Å². The summed E-state index contributed by atoms with van der Waals surface area (Å²) in [5.41, 5.74) is 0. The highest BCUT2D eigenvalue weighted by molar-refractivity contribution is 5.70. The van der Waals surface area contributed by atoms with Gasteiger partial charge in [0.05, 0.1) is 14.2 Å². The molecule has 0 aliphatic heterocycles. The number of hydrogen-bond donors (Lipinski definition) is 0. The minimum Gasteiger partial charge on any atom is -0.489 e. The average Bonchev–Trinajstić information content (AvgIpc) is 2.16. The molecule has 0 aliphatic carbocycles. The third-order valence-corrected chi connectivity index (χ3v) is 1.49. The molecule has 0 spiro atoms. The van der Waals surface area contributed by atoms with Gasteiger partial charge in [-0.3, -0.25) is 4.79 Å². The molecular formula is C9H11NO4. The van der Waals surface area contributed by atoms with Gasteiger partial charge in [0.1, 0.15) is 0 Å². The Hall–Kier alpha value is -1.78. The molecule has 1 aromatic rings. The molecule has 0 saturated heterocycles. The van der Waals surface area contributed by atoms with E-state index in [1.165, 1.54) is 33.4 Å². The van der Waals surface area contributed by atoms with Gasteiger partial charge < -0.3 is 14.2 Å². The van der Waals surface area contributed by atoms with Crippen LogP contribution in [0, 0.1) is 0 Å². The third kappa shape index (κ3) is 2.12. The molecule has 1 aromatic heterocycles. The summed E-state index contributed by atoms with van der Waals surface area (Å²) >= 11 is 0. The lowest BCUT2D eigenvalue weighted by Gasteiger charge is -2.09. The lowest BCUT2D eigenvalue weighted by atomic mass is 10.4. The molecule has 0 fully saturated rings. The van der Waals surface area contributed by atoms with Gasteiger partial charge in [-0.15, -0.1) is 0 Å². The number of aromatic nitrogens is 1. The zero-order chi connectivity index (χ0) is 10.6. The van der Waals surface area contributed by atoms with E-state index in [9.17, 15) is 4.79 Å². The number of ether oxygens (including phenoxy) is 3. The van der Waals surface area contributed by atoms with Crippen LogP contribution < -0.4 is 14.2 Å². The Morgan fingerprint density at radius 3 is 2.57 bits per heavy atom. The Morgan fingerprint density at radius 1 is 1.36 bits per heavy atom. The fraction of sp³-hybridized carbons (Fsp3) is 0.333. The predicted octanol–water partition coefficient (Wildman–Crippen LogP) is 1.02. The molecule has 0 N–H and O–H groups in total. The quantitative estimate of drug-likeness (QED) is 0.677. The van der Waals surface area contributed by atoms with E-state index in [2.05, 4.69) is 4.98 Å². The number of carbonyl (C=O) groups is 1. The Morgan fingerprint density at radius 2 is 2.07 bits per heavy atom. The summed E-state index contributed by atoms with van der Waals surface area (Å²) in [5.74, 6) is 0.472.